The zero-order chi connectivity index (χ0) is 14.3. The lowest BCUT2D eigenvalue weighted by molar-refractivity contribution is -0.139. The third-order valence-electron chi connectivity index (χ3n) is 3.00. The van der Waals surface area contributed by atoms with Crippen LogP contribution < -0.4 is 0 Å². The molecule has 0 radical (unpaired) electrons. The van der Waals surface area contributed by atoms with Crippen LogP contribution in [0, 0.1) is 0 Å². The van der Waals surface area contributed by atoms with E-state index in [4.69, 9.17) is 9.84 Å². The molecule has 0 unspecified atom stereocenters. The lowest BCUT2D eigenvalue weighted by Crippen LogP contribution is -2.42. The number of amides is 1. The van der Waals surface area contributed by atoms with Crippen LogP contribution in [-0.4, -0.2) is 58.7 Å². The van der Waals surface area contributed by atoms with Gasteiger partial charge in [-0.05, 0) is 18.1 Å². The monoisotopic (exact) mass is 289 g/mol. The smallest absolute Gasteiger partial charge is 0.305 e. The molecular weight excluding hydrogens is 266 g/mol. The number of rotatable bonds is 7. The van der Waals surface area contributed by atoms with E-state index >= 15 is 0 Å². The largest absolute Gasteiger partial charge is 0.481 e. The van der Waals surface area contributed by atoms with Gasteiger partial charge in [0.05, 0.1) is 24.9 Å². The Morgan fingerprint density at radius 2 is 2.00 bits per heavy atom. The van der Waals surface area contributed by atoms with Gasteiger partial charge in [-0.3, -0.25) is 9.59 Å². The molecule has 1 N–H and O–H groups in total. The van der Waals surface area contributed by atoms with Crippen LogP contribution in [0.25, 0.3) is 0 Å². The molecule has 0 aromatic heterocycles. The van der Waals surface area contributed by atoms with Crippen LogP contribution in [0.5, 0.6) is 0 Å². The van der Waals surface area contributed by atoms with Gasteiger partial charge >= 0.3 is 5.97 Å². The Kier molecular flexibility index (Phi) is 7.23. The summed E-state index contributed by atoms with van der Waals surface area (Å²) >= 11 is 1.66. The number of hydrogen-bond donors (Lipinski definition) is 1. The van der Waals surface area contributed by atoms with Crippen LogP contribution in [0.3, 0.4) is 0 Å². The maximum Gasteiger partial charge on any atom is 0.305 e. The Hall–Kier alpha value is -0.750. The first-order valence-corrected chi connectivity index (χ1v) is 7.76. The Morgan fingerprint density at radius 3 is 2.53 bits per heavy atom. The maximum atomic E-state index is 11.9. The predicted octanol–water partition coefficient (Wildman–Crippen LogP) is 1.61. The maximum absolute atomic E-state index is 11.9. The summed E-state index contributed by atoms with van der Waals surface area (Å²) in [5.74, 6) is -0.0941. The molecule has 0 aromatic rings. The minimum Gasteiger partial charge on any atom is -0.481 e. The minimum atomic E-state index is -0.835. The van der Waals surface area contributed by atoms with Gasteiger partial charge in [-0.25, -0.2) is 0 Å². The lowest BCUT2D eigenvalue weighted by atomic mass is 10.1. The van der Waals surface area contributed by atoms with Gasteiger partial charge in [-0.15, -0.1) is 11.8 Å². The number of aliphatic carboxylic acids is 1. The average Bonchev–Trinajstić information content (AvgIpc) is 2.36. The second kappa shape index (κ2) is 8.43. The third-order valence-corrected chi connectivity index (χ3v) is 4.08. The molecule has 1 aliphatic heterocycles. The van der Waals surface area contributed by atoms with E-state index in [0.29, 0.717) is 11.0 Å². The predicted molar refractivity (Wildman–Crippen MR) is 75.4 cm³/mol. The molecule has 1 heterocycles. The molecule has 0 aromatic carbocycles. The third kappa shape index (κ3) is 6.82. The fourth-order valence-electron chi connectivity index (χ4n) is 1.91. The molecule has 110 valence electrons. The second-order valence-electron chi connectivity index (χ2n) is 4.95. The number of carbonyl (C=O) groups is 2. The molecule has 1 amide bonds. The van der Waals surface area contributed by atoms with Crippen molar-refractivity contribution in [2.75, 3.05) is 25.4 Å². The molecule has 1 aliphatic rings. The highest BCUT2D eigenvalue weighted by Crippen LogP contribution is 2.16. The average molecular weight is 289 g/mol. The van der Waals surface area contributed by atoms with E-state index in [2.05, 4.69) is 13.8 Å². The number of carboxylic acid groups (broad SMARTS) is 1. The number of hydrogen-bond acceptors (Lipinski definition) is 4. The fourth-order valence-corrected chi connectivity index (χ4v) is 2.57. The number of carboxylic acids is 1. The highest BCUT2D eigenvalue weighted by molar-refractivity contribution is 8.00. The number of carbonyl (C=O) groups excluding carboxylic acids is 1. The summed E-state index contributed by atoms with van der Waals surface area (Å²) in [6, 6.07) is 0. The summed E-state index contributed by atoms with van der Waals surface area (Å²) < 4.78 is 5.50. The summed E-state index contributed by atoms with van der Waals surface area (Å²) in [6.07, 6.45) is 1.75. The Balaban J connectivity index is 2.17. The Labute approximate surface area is 118 Å². The zero-order valence-corrected chi connectivity index (χ0v) is 12.4. The molecule has 1 rings (SSSR count). The van der Waals surface area contributed by atoms with E-state index in [0.717, 1.165) is 25.9 Å². The van der Waals surface area contributed by atoms with E-state index in [1.165, 1.54) is 0 Å². The molecule has 19 heavy (non-hydrogen) atoms. The first-order valence-electron chi connectivity index (χ1n) is 6.71. The first-order chi connectivity index (χ1) is 8.99. The van der Waals surface area contributed by atoms with Crippen molar-refractivity contribution >= 4 is 23.6 Å². The van der Waals surface area contributed by atoms with E-state index in [1.54, 1.807) is 11.8 Å². The molecular formula is C13H23NO4S. The van der Waals surface area contributed by atoms with Crippen molar-refractivity contribution in [1.82, 2.24) is 4.90 Å². The summed E-state index contributed by atoms with van der Waals surface area (Å²) in [7, 11) is 0. The van der Waals surface area contributed by atoms with Crippen LogP contribution in [0.4, 0.5) is 0 Å². The highest BCUT2D eigenvalue weighted by atomic mass is 32.2. The van der Waals surface area contributed by atoms with Crippen LogP contribution in [0.2, 0.25) is 0 Å². The SMILES string of the molecule is CC(C)SCC(=O)N1CCC(OCCC(=O)O)CC1. The fraction of sp³-hybridized carbons (Fsp3) is 0.846. The molecule has 0 atom stereocenters. The number of thioether (sulfide) groups is 1. The van der Waals surface area contributed by atoms with Crippen LogP contribution in [0.1, 0.15) is 33.1 Å². The van der Waals surface area contributed by atoms with Gasteiger partial charge in [0, 0.05) is 13.1 Å². The van der Waals surface area contributed by atoms with E-state index in [9.17, 15) is 9.59 Å². The molecule has 0 saturated carbocycles. The standard InChI is InChI=1S/C13H23NO4S/c1-10(2)19-9-12(15)14-6-3-11(4-7-14)18-8-5-13(16)17/h10-11H,3-9H2,1-2H3,(H,16,17). The molecule has 0 bridgehead atoms. The number of ether oxygens (including phenoxy) is 1. The van der Waals surface area contributed by atoms with Crippen molar-refractivity contribution in [3.63, 3.8) is 0 Å². The quantitative estimate of drug-likeness (QED) is 0.771. The van der Waals surface area contributed by atoms with Crippen LogP contribution >= 0.6 is 11.8 Å². The number of piperidine rings is 1. The summed E-state index contributed by atoms with van der Waals surface area (Å²) in [5.41, 5.74) is 0. The molecule has 0 spiro atoms. The van der Waals surface area contributed by atoms with Gasteiger partial charge in [0.25, 0.3) is 0 Å². The van der Waals surface area contributed by atoms with Crippen LogP contribution in [-0.2, 0) is 14.3 Å². The molecule has 0 aliphatic carbocycles. The number of likely N-dealkylation sites (tertiary alicyclic amines) is 1. The van der Waals surface area contributed by atoms with Crippen molar-refractivity contribution in [2.24, 2.45) is 0 Å². The molecule has 5 nitrogen and oxygen atoms in total. The van der Waals surface area contributed by atoms with Gasteiger partial charge < -0.3 is 14.7 Å². The van der Waals surface area contributed by atoms with E-state index in [1.807, 2.05) is 4.90 Å². The van der Waals surface area contributed by atoms with Crippen molar-refractivity contribution < 1.29 is 19.4 Å². The molecule has 1 saturated heterocycles. The zero-order valence-electron chi connectivity index (χ0n) is 11.6. The Morgan fingerprint density at radius 1 is 1.37 bits per heavy atom. The van der Waals surface area contributed by atoms with Gasteiger partial charge in [0.2, 0.25) is 5.91 Å². The van der Waals surface area contributed by atoms with Gasteiger partial charge in [-0.1, -0.05) is 13.8 Å². The second-order valence-corrected chi connectivity index (χ2v) is 6.52. The van der Waals surface area contributed by atoms with Gasteiger partial charge in [-0.2, -0.15) is 0 Å². The van der Waals surface area contributed by atoms with Crippen molar-refractivity contribution in [2.45, 2.75) is 44.5 Å². The molecule has 1 fully saturated rings. The van der Waals surface area contributed by atoms with Crippen molar-refractivity contribution in [3.8, 4) is 0 Å². The summed E-state index contributed by atoms with van der Waals surface area (Å²) in [5, 5.41) is 9.00. The number of nitrogens with zero attached hydrogens (tertiary/aromatic N) is 1. The van der Waals surface area contributed by atoms with Crippen molar-refractivity contribution in [3.05, 3.63) is 0 Å². The first kappa shape index (κ1) is 16.3. The van der Waals surface area contributed by atoms with E-state index in [-0.39, 0.29) is 25.0 Å². The van der Waals surface area contributed by atoms with Gasteiger partial charge in [0.1, 0.15) is 0 Å². The molecule has 6 heteroatoms. The van der Waals surface area contributed by atoms with Gasteiger partial charge in [0.15, 0.2) is 0 Å². The normalized spacial score (nSPS) is 16.9. The minimum absolute atomic E-state index is 0.0458. The summed E-state index contributed by atoms with van der Waals surface area (Å²) in [4.78, 5) is 24.2. The topological polar surface area (TPSA) is 66.8 Å². The summed E-state index contributed by atoms with van der Waals surface area (Å²) in [6.45, 7) is 5.86. The van der Waals surface area contributed by atoms with Crippen molar-refractivity contribution in [1.29, 1.82) is 0 Å². The highest BCUT2D eigenvalue weighted by Gasteiger charge is 2.23. The Bertz CT molecular complexity index is 301. The van der Waals surface area contributed by atoms with Crippen LogP contribution in [0.15, 0.2) is 0 Å². The lowest BCUT2D eigenvalue weighted by Gasteiger charge is -2.32. The van der Waals surface area contributed by atoms with E-state index < -0.39 is 5.97 Å².